The minimum atomic E-state index is -0.301. The molecule has 5 heteroatoms. The Hall–Kier alpha value is -1.20. The number of ether oxygens (including phenoxy) is 1. The van der Waals surface area contributed by atoms with Gasteiger partial charge < -0.3 is 4.74 Å². The number of fused-ring (bicyclic) bond motifs is 5. The average Bonchev–Trinajstić information content (AvgIpc) is 2.80. The second-order valence-electron chi connectivity index (χ2n) is 3.74. The summed E-state index contributed by atoms with van der Waals surface area (Å²) in [6.45, 7) is 0. The molecule has 0 aromatic heterocycles. The Kier molecular flexibility index (Phi) is 1.41. The van der Waals surface area contributed by atoms with E-state index < -0.39 is 0 Å². The van der Waals surface area contributed by atoms with Crippen LogP contribution in [0.15, 0.2) is 12.2 Å². The fourth-order valence-corrected chi connectivity index (χ4v) is 2.52. The highest BCUT2D eigenvalue weighted by Gasteiger charge is 2.60. The van der Waals surface area contributed by atoms with E-state index in [4.69, 9.17) is 4.74 Å². The van der Waals surface area contributed by atoms with Crippen molar-refractivity contribution in [1.82, 2.24) is 10.4 Å². The lowest BCUT2D eigenvalue weighted by molar-refractivity contribution is -0.145. The predicted octanol–water partition coefficient (Wildman–Crippen LogP) is -0.941. The molecule has 0 aliphatic carbocycles. The molecule has 0 spiro atoms. The van der Waals surface area contributed by atoms with Gasteiger partial charge in [-0.1, -0.05) is 12.2 Å². The molecule has 0 radical (unpaired) electrons. The molecule has 1 N–H and O–H groups in total. The van der Waals surface area contributed by atoms with Crippen molar-refractivity contribution >= 4 is 11.8 Å². The lowest BCUT2D eigenvalue weighted by Crippen LogP contribution is -2.42. The smallest absolute Gasteiger partial charge is 0.250 e. The largest absolute Gasteiger partial charge is 0.365 e. The summed E-state index contributed by atoms with van der Waals surface area (Å²) in [5.74, 6) is -0.936. The van der Waals surface area contributed by atoms with Crippen LogP contribution in [0.25, 0.3) is 0 Å². The fourth-order valence-electron chi connectivity index (χ4n) is 2.52. The minimum Gasteiger partial charge on any atom is -0.365 e. The van der Waals surface area contributed by atoms with Crippen molar-refractivity contribution in [3.8, 4) is 0 Å². The van der Waals surface area contributed by atoms with Crippen molar-refractivity contribution in [1.29, 1.82) is 0 Å². The molecular formula is C9H10N2O3. The van der Waals surface area contributed by atoms with Crippen molar-refractivity contribution in [3.63, 3.8) is 0 Å². The molecule has 2 saturated heterocycles. The van der Waals surface area contributed by atoms with Gasteiger partial charge in [0.25, 0.3) is 11.8 Å². The number of nitrogens with one attached hydrogen (secondary N) is 1. The SMILES string of the molecule is CNN1C(=O)[C@@H]2[C@H](C1=O)[C@H]1C=C[C@@H]2O1. The van der Waals surface area contributed by atoms with Crippen molar-refractivity contribution in [2.24, 2.45) is 11.8 Å². The minimum absolute atomic E-state index is 0.167. The predicted molar refractivity (Wildman–Crippen MR) is 45.7 cm³/mol. The van der Waals surface area contributed by atoms with E-state index in [2.05, 4.69) is 5.43 Å². The molecule has 3 aliphatic heterocycles. The van der Waals surface area contributed by atoms with Crippen molar-refractivity contribution in [2.75, 3.05) is 7.05 Å². The van der Waals surface area contributed by atoms with Gasteiger partial charge in [0.05, 0.1) is 24.0 Å². The van der Waals surface area contributed by atoms with Crippen LogP contribution in [0.4, 0.5) is 0 Å². The summed E-state index contributed by atoms with van der Waals surface area (Å²) in [7, 11) is 1.58. The van der Waals surface area contributed by atoms with Gasteiger partial charge in [0.2, 0.25) is 0 Å². The van der Waals surface area contributed by atoms with Crippen molar-refractivity contribution < 1.29 is 14.3 Å². The van der Waals surface area contributed by atoms with Gasteiger partial charge in [-0.2, -0.15) is 0 Å². The molecule has 3 heterocycles. The maximum Gasteiger partial charge on any atom is 0.250 e. The van der Waals surface area contributed by atoms with Crippen molar-refractivity contribution in [2.45, 2.75) is 12.2 Å². The van der Waals surface area contributed by atoms with E-state index in [0.29, 0.717) is 0 Å². The first-order chi connectivity index (χ1) is 6.74. The summed E-state index contributed by atoms with van der Waals surface area (Å²) in [5.41, 5.74) is 2.61. The van der Waals surface area contributed by atoms with E-state index in [1.807, 2.05) is 12.2 Å². The van der Waals surface area contributed by atoms with Crippen LogP contribution >= 0.6 is 0 Å². The van der Waals surface area contributed by atoms with Gasteiger partial charge in [0.15, 0.2) is 0 Å². The third-order valence-corrected chi connectivity index (χ3v) is 3.13. The van der Waals surface area contributed by atoms with E-state index in [1.54, 1.807) is 7.05 Å². The van der Waals surface area contributed by atoms with Gasteiger partial charge in [-0.3, -0.25) is 9.59 Å². The number of hydrogen-bond acceptors (Lipinski definition) is 4. The number of nitrogens with zero attached hydrogens (tertiary/aromatic N) is 1. The lowest BCUT2D eigenvalue weighted by Gasteiger charge is -2.15. The zero-order chi connectivity index (χ0) is 9.87. The van der Waals surface area contributed by atoms with Crippen LogP contribution in [-0.4, -0.2) is 36.1 Å². The van der Waals surface area contributed by atoms with E-state index in [1.165, 1.54) is 0 Å². The Morgan fingerprint density at radius 1 is 1.21 bits per heavy atom. The Balaban J connectivity index is 2.02. The molecule has 3 aliphatic rings. The lowest BCUT2D eigenvalue weighted by atomic mass is 9.85. The molecule has 5 nitrogen and oxygen atoms in total. The molecule has 2 amide bonds. The second kappa shape index (κ2) is 2.43. The molecule has 14 heavy (non-hydrogen) atoms. The van der Waals surface area contributed by atoms with Crippen LogP contribution in [0.2, 0.25) is 0 Å². The fraction of sp³-hybridized carbons (Fsp3) is 0.556. The first kappa shape index (κ1) is 8.14. The number of carbonyl (C=O) groups excluding carboxylic acids is 2. The van der Waals surface area contributed by atoms with E-state index >= 15 is 0 Å². The van der Waals surface area contributed by atoms with Crippen LogP contribution < -0.4 is 5.43 Å². The Labute approximate surface area is 80.7 Å². The van der Waals surface area contributed by atoms with E-state index in [0.717, 1.165) is 5.01 Å². The summed E-state index contributed by atoms with van der Waals surface area (Å²) >= 11 is 0. The summed E-state index contributed by atoms with van der Waals surface area (Å²) in [6, 6.07) is 0. The van der Waals surface area contributed by atoms with Crippen LogP contribution in [0.5, 0.6) is 0 Å². The Bertz CT molecular complexity index is 322. The van der Waals surface area contributed by atoms with Gasteiger partial charge in [-0.15, -0.1) is 0 Å². The number of hydrogen-bond donors (Lipinski definition) is 1. The maximum absolute atomic E-state index is 11.7. The quantitative estimate of drug-likeness (QED) is 0.432. The zero-order valence-corrected chi connectivity index (χ0v) is 7.64. The molecule has 4 atom stereocenters. The first-order valence-electron chi connectivity index (χ1n) is 4.63. The topological polar surface area (TPSA) is 58.6 Å². The highest BCUT2D eigenvalue weighted by Crippen LogP contribution is 2.44. The van der Waals surface area contributed by atoms with E-state index in [-0.39, 0.29) is 35.9 Å². The van der Waals surface area contributed by atoms with Crippen LogP contribution in [-0.2, 0) is 14.3 Å². The molecule has 3 rings (SSSR count). The first-order valence-corrected chi connectivity index (χ1v) is 4.63. The van der Waals surface area contributed by atoms with Gasteiger partial charge in [-0.25, -0.2) is 10.4 Å². The molecule has 0 aromatic rings. The number of amides is 2. The Morgan fingerprint density at radius 3 is 2.14 bits per heavy atom. The number of rotatable bonds is 1. The standard InChI is InChI=1S/C9H10N2O3/c1-10-11-8(12)6-4-2-3-5(14-4)7(6)9(11)13/h2-7,10H,1H3/t4-,5+,6-,7+. The van der Waals surface area contributed by atoms with Crippen LogP contribution in [0, 0.1) is 11.8 Å². The Morgan fingerprint density at radius 2 is 1.71 bits per heavy atom. The molecule has 0 saturated carbocycles. The molecule has 2 fully saturated rings. The molecule has 0 unspecified atom stereocenters. The maximum atomic E-state index is 11.7. The number of carbonyl (C=O) groups is 2. The third-order valence-electron chi connectivity index (χ3n) is 3.13. The summed E-state index contributed by atoms with van der Waals surface area (Å²) in [4.78, 5) is 23.5. The summed E-state index contributed by atoms with van der Waals surface area (Å²) in [5, 5.41) is 1.10. The molecule has 74 valence electrons. The monoisotopic (exact) mass is 194 g/mol. The number of hydrazine groups is 1. The normalized spacial score (nSPS) is 43.9. The van der Waals surface area contributed by atoms with Crippen molar-refractivity contribution in [3.05, 3.63) is 12.2 Å². The number of imide groups is 1. The zero-order valence-electron chi connectivity index (χ0n) is 7.64. The average molecular weight is 194 g/mol. The molecule has 2 bridgehead atoms. The highest BCUT2D eigenvalue weighted by atomic mass is 16.5. The molecule has 0 aromatic carbocycles. The highest BCUT2D eigenvalue weighted by molar-refractivity contribution is 6.06. The van der Waals surface area contributed by atoms with Gasteiger partial charge in [-0.05, 0) is 0 Å². The van der Waals surface area contributed by atoms with Crippen LogP contribution in [0.3, 0.4) is 0 Å². The van der Waals surface area contributed by atoms with E-state index in [9.17, 15) is 9.59 Å². The van der Waals surface area contributed by atoms with Gasteiger partial charge >= 0.3 is 0 Å². The third kappa shape index (κ3) is 0.726. The summed E-state index contributed by atoms with van der Waals surface area (Å²) in [6.07, 6.45) is 3.35. The van der Waals surface area contributed by atoms with Crippen LogP contribution in [0.1, 0.15) is 0 Å². The van der Waals surface area contributed by atoms with Gasteiger partial charge in [0.1, 0.15) is 0 Å². The summed E-state index contributed by atoms with van der Waals surface area (Å²) < 4.78 is 5.47. The van der Waals surface area contributed by atoms with Gasteiger partial charge in [0, 0.05) is 7.05 Å². The second-order valence-corrected chi connectivity index (χ2v) is 3.74. The molecular weight excluding hydrogens is 184 g/mol.